The topological polar surface area (TPSA) is 34.4 Å². The minimum absolute atomic E-state index is 0.727. The Balaban J connectivity index is 1.89. The number of fused-ring (bicyclic) bond motifs is 3. The summed E-state index contributed by atoms with van der Waals surface area (Å²) in [6, 6.07) is 21.4. The lowest BCUT2D eigenvalue weighted by molar-refractivity contribution is -0.0893. The Bertz CT molecular complexity index is 1170. The molecule has 0 amide bonds. The van der Waals surface area contributed by atoms with Crippen molar-refractivity contribution in [1.82, 2.24) is 4.57 Å². The summed E-state index contributed by atoms with van der Waals surface area (Å²) < 4.78 is 8.39. The molecule has 0 spiro atoms. The molecule has 153 valence electrons. The molecule has 3 nitrogen and oxygen atoms in total. The number of aromatic nitrogens is 1. The maximum absolute atomic E-state index is 10.5. The third-order valence-electron chi connectivity index (χ3n) is 6.21. The average molecular weight is 398 g/mol. The Morgan fingerprint density at radius 3 is 1.87 bits per heavy atom. The minimum atomic E-state index is -0.972. The van der Waals surface area contributed by atoms with Gasteiger partial charge in [-0.3, -0.25) is 0 Å². The van der Waals surface area contributed by atoms with Gasteiger partial charge < -0.3 is 14.3 Å². The number of aliphatic hydroxyl groups is 1. The van der Waals surface area contributed by atoms with Gasteiger partial charge in [-0.15, -0.1) is 0 Å². The number of hydrogen-bond acceptors (Lipinski definition) is 2. The fourth-order valence-corrected chi connectivity index (χ4v) is 3.66. The third-order valence-corrected chi connectivity index (χ3v) is 6.21. The number of rotatable bonds is 5. The molecule has 1 radical (unpaired) electrons. The van der Waals surface area contributed by atoms with Crippen LogP contribution in [0.1, 0.15) is 38.8 Å². The number of benzene rings is 3. The average Bonchev–Trinajstić information content (AvgIpc) is 2.98. The van der Waals surface area contributed by atoms with Crippen molar-refractivity contribution in [2.75, 3.05) is 0 Å². The summed E-state index contributed by atoms with van der Waals surface area (Å²) in [7, 11) is 1.77. The molecule has 4 rings (SSSR count). The van der Waals surface area contributed by atoms with E-state index in [4.69, 9.17) is 4.65 Å². The lowest BCUT2D eigenvalue weighted by atomic mass is 9.81. The molecular weight excluding hydrogens is 369 g/mol. The van der Waals surface area contributed by atoms with Crippen LogP contribution in [0.25, 0.3) is 27.5 Å². The van der Waals surface area contributed by atoms with Crippen LogP contribution in [0.15, 0.2) is 60.7 Å². The first kappa shape index (κ1) is 20.7. The van der Waals surface area contributed by atoms with E-state index in [2.05, 4.69) is 66.9 Å². The summed E-state index contributed by atoms with van der Waals surface area (Å²) in [6.07, 6.45) is 0. The van der Waals surface area contributed by atoms with E-state index in [0.717, 1.165) is 11.2 Å². The fourth-order valence-electron chi connectivity index (χ4n) is 3.66. The summed E-state index contributed by atoms with van der Waals surface area (Å²) in [6.45, 7) is 11.6. The molecule has 0 aliphatic heterocycles. The standard InChI is InChI=1S/C26H29BNO2/c1-17-11-13-22-19(15-17)20-16-18(2)12-14-23(20)28(22)24-10-8-7-9-21(24)27-30-26(5,6)25(3,4)29/h7-16,29H,1-6H3. The van der Waals surface area contributed by atoms with Gasteiger partial charge >= 0.3 is 7.48 Å². The molecule has 0 saturated heterocycles. The van der Waals surface area contributed by atoms with E-state index < -0.39 is 11.2 Å². The van der Waals surface area contributed by atoms with Gasteiger partial charge in [0.1, 0.15) is 0 Å². The number of nitrogens with zero attached hydrogens (tertiary/aromatic N) is 1. The van der Waals surface area contributed by atoms with Crippen LogP contribution in [0.4, 0.5) is 0 Å². The molecule has 4 heteroatoms. The summed E-state index contributed by atoms with van der Waals surface area (Å²) >= 11 is 0. The third kappa shape index (κ3) is 3.55. The Morgan fingerprint density at radius 1 is 0.800 bits per heavy atom. The van der Waals surface area contributed by atoms with Gasteiger partial charge in [0.15, 0.2) is 0 Å². The fraction of sp³-hybridized carbons (Fsp3) is 0.308. The second-order valence-electron chi connectivity index (χ2n) is 9.24. The maximum Gasteiger partial charge on any atom is 0.333 e. The molecule has 0 aliphatic rings. The first-order valence-corrected chi connectivity index (χ1v) is 10.4. The normalized spacial score (nSPS) is 12.6. The lowest BCUT2D eigenvalue weighted by Crippen LogP contribution is -2.49. The Hall–Kier alpha value is -2.56. The van der Waals surface area contributed by atoms with E-state index in [9.17, 15) is 5.11 Å². The van der Waals surface area contributed by atoms with Gasteiger partial charge in [-0.1, -0.05) is 41.5 Å². The number of aryl methyl sites for hydroxylation is 2. The van der Waals surface area contributed by atoms with Gasteiger partial charge in [-0.25, -0.2) is 0 Å². The molecule has 0 aliphatic carbocycles. The van der Waals surface area contributed by atoms with Gasteiger partial charge in [0.05, 0.1) is 22.2 Å². The van der Waals surface area contributed by atoms with Crippen LogP contribution in [-0.2, 0) is 4.65 Å². The quantitative estimate of drug-likeness (QED) is 0.468. The summed E-state index contributed by atoms with van der Waals surface area (Å²) in [4.78, 5) is 0. The van der Waals surface area contributed by atoms with Gasteiger partial charge in [0.25, 0.3) is 0 Å². The van der Waals surface area contributed by atoms with Crippen molar-refractivity contribution in [3.63, 3.8) is 0 Å². The van der Waals surface area contributed by atoms with Crippen molar-refractivity contribution in [2.45, 2.75) is 52.7 Å². The van der Waals surface area contributed by atoms with Crippen molar-refractivity contribution < 1.29 is 9.76 Å². The predicted octanol–water partition coefficient (Wildman–Crippen LogP) is 5.21. The zero-order valence-corrected chi connectivity index (χ0v) is 18.7. The zero-order chi connectivity index (χ0) is 21.7. The largest absolute Gasteiger partial charge is 0.427 e. The summed E-state index contributed by atoms with van der Waals surface area (Å²) in [5.74, 6) is 0. The van der Waals surface area contributed by atoms with E-state index in [1.54, 1.807) is 21.3 Å². The van der Waals surface area contributed by atoms with Gasteiger partial charge in [0.2, 0.25) is 0 Å². The van der Waals surface area contributed by atoms with Crippen LogP contribution in [0.2, 0.25) is 0 Å². The van der Waals surface area contributed by atoms with E-state index in [1.165, 1.54) is 32.9 Å². The lowest BCUT2D eigenvalue weighted by Gasteiger charge is -2.37. The highest BCUT2D eigenvalue weighted by Gasteiger charge is 2.36. The first-order chi connectivity index (χ1) is 14.1. The molecule has 1 heterocycles. The van der Waals surface area contributed by atoms with Crippen molar-refractivity contribution in [1.29, 1.82) is 0 Å². The molecule has 0 unspecified atom stereocenters. The van der Waals surface area contributed by atoms with Crippen LogP contribution in [-0.4, -0.2) is 28.4 Å². The van der Waals surface area contributed by atoms with Gasteiger partial charge in [0, 0.05) is 16.5 Å². The van der Waals surface area contributed by atoms with Crippen LogP contribution >= 0.6 is 0 Å². The van der Waals surface area contributed by atoms with E-state index in [1.807, 2.05) is 26.0 Å². The second-order valence-corrected chi connectivity index (χ2v) is 9.24. The van der Waals surface area contributed by atoms with E-state index in [-0.39, 0.29) is 0 Å². The van der Waals surface area contributed by atoms with Crippen molar-refractivity contribution in [2.24, 2.45) is 0 Å². The van der Waals surface area contributed by atoms with Crippen LogP contribution in [0.5, 0.6) is 0 Å². The molecule has 3 aromatic carbocycles. The van der Waals surface area contributed by atoms with Crippen molar-refractivity contribution >= 4 is 34.8 Å². The highest BCUT2D eigenvalue weighted by Crippen LogP contribution is 2.33. The SMILES string of the molecule is Cc1ccc2c(c1)c1cc(C)ccc1n2-c1ccccc1[B]OC(C)(C)C(C)(C)O. The maximum atomic E-state index is 10.5. The van der Waals surface area contributed by atoms with E-state index in [0.29, 0.717) is 0 Å². The highest BCUT2D eigenvalue weighted by molar-refractivity contribution is 6.49. The Morgan fingerprint density at radius 2 is 1.33 bits per heavy atom. The molecule has 0 fully saturated rings. The molecule has 1 aromatic heterocycles. The van der Waals surface area contributed by atoms with Crippen LogP contribution in [0.3, 0.4) is 0 Å². The molecular formula is C26H29BNO2. The van der Waals surface area contributed by atoms with Gasteiger partial charge in [-0.2, -0.15) is 0 Å². The van der Waals surface area contributed by atoms with Crippen molar-refractivity contribution in [3.05, 3.63) is 71.8 Å². The molecule has 0 bridgehead atoms. The molecule has 4 aromatic rings. The zero-order valence-electron chi connectivity index (χ0n) is 18.7. The molecule has 0 saturated carbocycles. The molecule has 1 N–H and O–H groups in total. The predicted molar refractivity (Wildman–Crippen MR) is 127 cm³/mol. The molecule has 30 heavy (non-hydrogen) atoms. The summed E-state index contributed by atoms with van der Waals surface area (Å²) in [5.41, 5.74) is 5.16. The molecule has 0 atom stereocenters. The monoisotopic (exact) mass is 398 g/mol. The van der Waals surface area contributed by atoms with E-state index >= 15 is 0 Å². The number of hydrogen-bond donors (Lipinski definition) is 1. The second kappa shape index (κ2) is 7.30. The Kier molecular flexibility index (Phi) is 5.04. The first-order valence-electron chi connectivity index (χ1n) is 10.4. The van der Waals surface area contributed by atoms with Crippen LogP contribution < -0.4 is 5.46 Å². The van der Waals surface area contributed by atoms with Crippen molar-refractivity contribution in [3.8, 4) is 5.69 Å². The Labute approximate surface area is 179 Å². The van der Waals surface area contributed by atoms with Gasteiger partial charge in [-0.05, 0) is 77.3 Å². The smallest absolute Gasteiger partial charge is 0.333 e. The highest BCUT2D eigenvalue weighted by atomic mass is 16.5. The minimum Gasteiger partial charge on any atom is -0.427 e. The number of para-hydroxylation sites is 1. The summed E-state index contributed by atoms with van der Waals surface area (Å²) in [5, 5.41) is 13.0. The van der Waals surface area contributed by atoms with Crippen LogP contribution in [0, 0.1) is 13.8 Å².